The normalized spacial score (nSPS) is 14.3. The van der Waals surface area contributed by atoms with Gasteiger partial charge in [-0.3, -0.25) is 0 Å². The number of rotatable bonds is 7. The van der Waals surface area contributed by atoms with Crippen LogP contribution in [0.2, 0.25) is 0 Å². The lowest BCUT2D eigenvalue weighted by molar-refractivity contribution is -0.154. The van der Waals surface area contributed by atoms with Crippen molar-refractivity contribution in [3.63, 3.8) is 0 Å². The molecule has 190 valence electrons. The van der Waals surface area contributed by atoms with Gasteiger partial charge in [0.05, 0.1) is 10.9 Å². The minimum absolute atomic E-state index is 0.167. The summed E-state index contributed by atoms with van der Waals surface area (Å²) in [5.74, 6) is 6.89. The molecule has 0 fully saturated rings. The van der Waals surface area contributed by atoms with Crippen LogP contribution in [0, 0.1) is 11.8 Å². The Balaban J connectivity index is 1.20. The molecular formula is C34H31O3S+. The molecule has 0 radical (unpaired) electrons. The SMILES string of the molecule is CC(C)(C#CC1CCc2ccccc21)OC(=O)COc1ccc([S+](c2ccccc2)c2ccccc2)cc1. The summed E-state index contributed by atoms with van der Waals surface area (Å²) >= 11 is 0. The third-order valence-corrected chi connectivity index (χ3v) is 8.65. The Kier molecular flexibility index (Phi) is 7.86. The molecule has 0 heterocycles. The second-order valence-electron chi connectivity index (χ2n) is 9.74. The van der Waals surface area contributed by atoms with Gasteiger partial charge < -0.3 is 9.47 Å². The number of esters is 1. The molecule has 0 N–H and O–H groups in total. The predicted molar refractivity (Wildman–Crippen MR) is 152 cm³/mol. The highest BCUT2D eigenvalue weighted by atomic mass is 32.2. The fourth-order valence-corrected chi connectivity index (χ4v) is 6.73. The van der Waals surface area contributed by atoms with E-state index < -0.39 is 11.6 Å². The molecule has 0 saturated carbocycles. The summed E-state index contributed by atoms with van der Waals surface area (Å²) in [6.45, 7) is 3.48. The van der Waals surface area contributed by atoms with Crippen LogP contribution in [0.1, 0.15) is 37.3 Å². The number of hydrogen-bond acceptors (Lipinski definition) is 3. The third kappa shape index (κ3) is 6.30. The van der Waals surface area contributed by atoms with Crippen molar-refractivity contribution in [2.45, 2.75) is 52.9 Å². The van der Waals surface area contributed by atoms with Crippen LogP contribution < -0.4 is 4.74 Å². The van der Waals surface area contributed by atoms with Gasteiger partial charge in [0.15, 0.2) is 26.9 Å². The lowest BCUT2D eigenvalue weighted by Crippen LogP contribution is -2.29. The molecule has 0 amide bonds. The molecule has 0 aliphatic heterocycles. The van der Waals surface area contributed by atoms with Crippen molar-refractivity contribution in [2.24, 2.45) is 0 Å². The van der Waals surface area contributed by atoms with E-state index in [0.717, 1.165) is 12.8 Å². The average Bonchev–Trinajstić information content (AvgIpc) is 3.36. The molecular weight excluding hydrogens is 488 g/mol. The standard InChI is InChI=1S/C34H31O3S/c1-34(2,24-23-27-18-17-26-11-9-10-16-32(26)27)37-33(35)25-36-28-19-21-31(22-20-28)38(29-12-5-3-6-13-29)30-14-7-4-8-15-30/h3-16,19-22,27H,17-18,25H2,1-2H3/q+1. The van der Waals surface area contributed by atoms with Crippen LogP contribution in [-0.2, 0) is 26.8 Å². The van der Waals surface area contributed by atoms with E-state index in [1.165, 1.54) is 25.8 Å². The van der Waals surface area contributed by atoms with Crippen molar-refractivity contribution in [1.29, 1.82) is 0 Å². The van der Waals surface area contributed by atoms with Gasteiger partial charge in [-0.15, -0.1) is 0 Å². The van der Waals surface area contributed by atoms with E-state index in [1.54, 1.807) is 0 Å². The Bertz CT molecular complexity index is 1390. The first kappa shape index (κ1) is 25.7. The largest absolute Gasteiger partial charge is 0.482 e. The zero-order valence-corrected chi connectivity index (χ0v) is 22.5. The van der Waals surface area contributed by atoms with Gasteiger partial charge in [-0.05, 0) is 86.3 Å². The van der Waals surface area contributed by atoms with E-state index in [0.29, 0.717) is 5.75 Å². The molecule has 5 rings (SSSR count). The Hall–Kier alpha value is -3.94. The third-order valence-electron chi connectivity index (χ3n) is 6.42. The first-order valence-electron chi connectivity index (χ1n) is 12.9. The van der Waals surface area contributed by atoms with E-state index in [-0.39, 0.29) is 23.4 Å². The molecule has 0 aromatic heterocycles. The second kappa shape index (κ2) is 11.6. The molecule has 4 aromatic rings. The molecule has 1 unspecified atom stereocenters. The summed E-state index contributed by atoms with van der Waals surface area (Å²) in [7, 11) is -0.229. The van der Waals surface area contributed by atoms with E-state index >= 15 is 0 Å². The Morgan fingerprint density at radius 1 is 0.816 bits per heavy atom. The van der Waals surface area contributed by atoms with E-state index in [2.05, 4.69) is 96.8 Å². The molecule has 0 spiro atoms. The van der Waals surface area contributed by atoms with Gasteiger partial charge in [0.25, 0.3) is 0 Å². The number of aryl methyl sites for hydroxylation is 1. The van der Waals surface area contributed by atoms with Crippen LogP contribution in [0.3, 0.4) is 0 Å². The average molecular weight is 520 g/mol. The van der Waals surface area contributed by atoms with Gasteiger partial charge in [-0.25, -0.2) is 4.79 Å². The quantitative estimate of drug-likeness (QED) is 0.147. The molecule has 3 nitrogen and oxygen atoms in total. The Labute approximate surface area is 228 Å². The molecule has 0 bridgehead atoms. The molecule has 4 heteroatoms. The minimum Gasteiger partial charge on any atom is -0.482 e. The fraction of sp³-hybridized carbons (Fsp3) is 0.206. The smallest absolute Gasteiger partial charge is 0.345 e. The molecule has 1 atom stereocenters. The maximum absolute atomic E-state index is 12.6. The zero-order chi connectivity index (χ0) is 26.4. The maximum Gasteiger partial charge on any atom is 0.345 e. The second-order valence-corrected chi connectivity index (χ2v) is 11.8. The topological polar surface area (TPSA) is 35.5 Å². The number of carbonyl (C=O) groups is 1. The highest BCUT2D eigenvalue weighted by molar-refractivity contribution is 7.97. The van der Waals surface area contributed by atoms with Crippen molar-refractivity contribution in [3.05, 3.63) is 120 Å². The lowest BCUT2D eigenvalue weighted by atomic mass is 10.0. The van der Waals surface area contributed by atoms with E-state index in [4.69, 9.17) is 9.47 Å². The molecule has 38 heavy (non-hydrogen) atoms. The van der Waals surface area contributed by atoms with Crippen LogP contribution in [0.25, 0.3) is 0 Å². The van der Waals surface area contributed by atoms with Gasteiger partial charge in [0.1, 0.15) is 5.75 Å². The van der Waals surface area contributed by atoms with E-state index in [9.17, 15) is 4.79 Å². The fourth-order valence-electron chi connectivity index (χ4n) is 4.64. The Morgan fingerprint density at radius 2 is 1.39 bits per heavy atom. The van der Waals surface area contributed by atoms with Crippen molar-refractivity contribution in [2.75, 3.05) is 6.61 Å². The molecule has 1 aliphatic rings. The summed E-state index contributed by atoms with van der Waals surface area (Å²) in [4.78, 5) is 16.2. The monoisotopic (exact) mass is 519 g/mol. The van der Waals surface area contributed by atoms with Gasteiger partial charge in [0.2, 0.25) is 0 Å². The van der Waals surface area contributed by atoms with Crippen LogP contribution in [0.4, 0.5) is 0 Å². The first-order chi connectivity index (χ1) is 18.5. The summed E-state index contributed by atoms with van der Waals surface area (Å²) < 4.78 is 11.4. The number of fused-ring (bicyclic) bond motifs is 1. The van der Waals surface area contributed by atoms with Gasteiger partial charge in [-0.2, -0.15) is 0 Å². The predicted octanol–water partition coefficient (Wildman–Crippen LogP) is 7.22. The highest BCUT2D eigenvalue weighted by Crippen LogP contribution is 2.33. The number of benzene rings is 4. The minimum atomic E-state index is -0.887. The summed E-state index contributed by atoms with van der Waals surface area (Å²) in [6, 6.07) is 37.4. The van der Waals surface area contributed by atoms with Crippen LogP contribution in [0.5, 0.6) is 5.75 Å². The zero-order valence-electron chi connectivity index (χ0n) is 21.7. The van der Waals surface area contributed by atoms with Crippen molar-refractivity contribution >= 4 is 16.9 Å². The summed E-state index contributed by atoms with van der Waals surface area (Å²) in [5.41, 5.74) is 1.76. The van der Waals surface area contributed by atoms with E-state index in [1.807, 2.05) is 38.1 Å². The molecule has 0 saturated heterocycles. The Morgan fingerprint density at radius 3 is 2.05 bits per heavy atom. The molecule has 4 aromatic carbocycles. The summed E-state index contributed by atoms with van der Waals surface area (Å²) in [5, 5.41) is 0. The van der Waals surface area contributed by atoms with Crippen LogP contribution >= 0.6 is 0 Å². The number of carbonyl (C=O) groups excluding carboxylic acids is 1. The summed E-state index contributed by atoms with van der Waals surface area (Å²) in [6.07, 6.45) is 2.05. The van der Waals surface area contributed by atoms with Crippen molar-refractivity contribution in [1.82, 2.24) is 0 Å². The van der Waals surface area contributed by atoms with Crippen molar-refractivity contribution < 1.29 is 14.3 Å². The van der Waals surface area contributed by atoms with Gasteiger partial charge in [0, 0.05) is 5.92 Å². The number of hydrogen-bond donors (Lipinski definition) is 0. The van der Waals surface area contributed by atoms with Crippen LogP contribution in [0.15, 0.2) is 124 Å². The van der Waals surface area contributed by atoms with Crippen LogP contribution in [-0.4, -0.2) is 18.2 Å². The first-order valence-corrected chi connectivity index (χ1v) is 14.1. The van der Waals surface area contributed by atoms with Crippen molar-refractivity contribution in [3.8, 4) is 17.6 Å². The van der Waals surface area contributed by atoms with Gasteiger partial charge >= 0.3 is 5.97 Å². The van der Waals surface area contributed by atoms with Gasteiger partial charge in [-0.1, -0.05) is 72.5 Å². The molecule has 1 aliphatic carbocycles. The lowest BCUT2D eigenvalue weighted by Gasteiger charge is -2.19. The highest BCUT2D eigenvalue weighted by Gasteiger charge is 2.28. The number of ether oxygens (including phenoxy) is 2. The maximum atomic E-state index is 12.6.